The quantitative estimate of drug-likeness (QED) is 0.725. The zero-order valence-corrected chi connectivity index (χ0v) is 15.1. The molecule has 0 aliphatic carbocycles. The first-order valence-corrected chi connectivity index (χ1v) is 9.01. The van der Waals surface area contributed by atoms with Gasteiger partial charge >= 0.3 is 0 Å². The van der Waals surface area contributed by atoms with E-state index in [4.69, 9.17) is 5.11 Å². The first-order chi connectivity index (χ1) is 13.1. The topological polar surface area (TPSA) is 63.0 Å². The van der Waals surface area contributed by atoms with Gasteiger partial charge in [-0.25, -0.2) is 9.07 Å². The predicted octanol–water partition coefficient (Wildman–Crippen LogP) is 3.71. The summed E-state index contributed by atoms with van der Waals surface area (Å²) in [4.78, 5) is 4.59. The Hall–Kier alpha value is -2.99. The minimum absolute atomic E-state index is 0.109. The lowest BCUT2D eigenvalue weighted by atomic mass is 10.0. The monoisotopic (exact) mass is 364 g/mol. The first-order valence-electron chi connectivity index (χ1n) is 9.01. The zero-order chi connectivity index (χ0) is 18.8. The lowest BCUT2D eigenvalue weighted by molar-refractivity contribution is 0.287. The van der Waals surface area contributed by atoms with Gasteiger partial charge in [-0.15, -0.1) is 0 Å². The summed E-state index contributed by atoms with van der Waals surface area (Å²) in [6.45, 7) is 2.16. The number of aliphatic hydroxyl groups is 1. The van der Waals surface area contributed by atoms with Gasteiger partial charge in [-0.2, -0.15) is 10.1 Å². The van der Waals surface area contributed by atoms with E-state index in [0.29, 0.717) is 24.6 Å². The third kappa shape index (κ3) is 3.61. The van der Waals surface area contributed by atoms with E-state index in [1.165, 1.54) is 17.7 Å². The average molecular weight is 364 g/mol. The molecule has 0 saturated heterocycles. The van der Waals surface area contributed by atoms with Crippen LogP contribution in [0.25, 0.3) is 5.70 Å². The molecule has 0 bridgehead atoms. The largest absolute Gasteiger partial charge is 0.396 e. The molecule has 0 amide bonds. The summed E-state index contributed by atoms with van der Waals surface area (Å²) in [5.41, 5.74) is 4.05. The second-order valence-corrected chi connectivity index (χ2v) is 6.69. The number of rotatable bonds is 5. The Labute approximate surface area is 157 Å². The van der Waals surface area contributed by atoms with Crippen molar-refractivity contribution in [1.82, 2.24) is 14.8 Å². The highest BCUT2D eigenvalue weighted by atomic mass is 19.1. The van der Waals surface area contributed by atoms with Crippen molar-refractivity contribution in [2.45, 2.75) is 25.8 Å². The van der Waals surface area contributed by atoms with E-state index in [1.54, 1.807) is 12.1 Å². The van der Waals surface area contributed by atoms with Crippen molar-refractivity contribution in [3.05, 3.63) is 82.9 Å². The van der Waals surface area contributed by atoms with E-state index in [2.05, 4.69) is 52.7 Å². The molecule has 5 nitrogen and oxygen atoms in total. The second kappa shape index (κ2) is 7.32. The Morgan fingerprint density at radius 1 is 1.11 bits per heavy atom. The lowest BCUT2D eigenvalue weighted by Gasteiger charge is -2.24. The molecule has 1 aliphatic heterocycles. The number of nitrogens with zero attached hydrogens (tertiary/aromatic N) is 3. The summed E-state index contributed by atoms with van der Waals surface area (Å²) < 4.78 is 15.2. The van der Waals surface area contributed by atoms with E-state index >= 15 is 0 Å². The molecule has 1 aliphatic rings. The van der Waals surface area contributed by atoms with Crippen molar-refractivity contribution >= 4 is 11.6 Å². The normalized spacial score (nSPS) is 15.8. The molecule has 6 heteroatoms. The molecule has 0 radical (unpaired) electrons. The van der Waals surface area contributed by atoms with Gasteiger partial charge in [0.25, 0.3) is 0 Å². The Bertz CT molecular complexity index is 961. The minimum Gasteiger partial charge on any atom is -0.396 e. The van der Waals surface area contributed by atoms with Crippen molar-refractivity contribution in [3.63, 3.8) is 0 Å². The Morgan fingerprint density at radius 2 is 1.85 bits per heavy atom. The smallest absolute Gasteiger partial charge is 0.226 e. The summed E-state index contributed by atoms with van der Waals surface area (Å²) in [5, 5.41) is 17.0. The molecule has 0 saturated carbocycles. The predicted molar refractivity (Wildman–Crippen MR) is 103 cm³/mol. The van der Waals surface area contributed by atoms with Gasteiger partial charge in [-0.1, -0.05) is 29.8 Å². The second-order valence-electron chi connectivity index (χ2n) is 6.69. The van der Waals surface area contributed by atoms with Crippen LogP contribution in [0.1, 0.15) is 35.0 Å². The van der Waals surface area contributed by atoms with Crippen LogP contribution in [0.4, 0.5) is 10.3 Å². The van der Waals surface area contributed by atoms with Gasteiger partial charge in [0, 0.05) is 18.7 Å². The number of allylic oxidation sites excluding steroid dienone is 1. The van der Waals surface area contributed by atoms with Crippen LogP contribution in [0, 0.1) is 12.7 Å². The van der Waals surface area contributed by atoms with Gasteiger partial charge in [-0.05, 0) is 54.8 Å². The van der Waals surface area contributed by atoms with Crippen molar-refractivity contribution in [1.29, 1.82) is 0 Å². The van der Waals surface area contributed by atoms with Crippen LogP contribution in [0.5, 0.6) is 0 Å². The molecule has 1 aromatic heterocycles. The van der Waals surface area contributed by atoms with Crippen LogP contribution in [0.2, 0.25) is 0 Å². The van der Waals surface area contributed by atoms with Crippen LogP contribution >= 0.6 is 0 Å². The highest BCUT2D eigenvalue weighted by Crippen LogP contribution is 2.32. The third-order valence-corrected chi connectivity index (χ3v) is 4.64. The number of fused-ring (bicyclic) bond motifs is 1. The number of hydrogen-bond donors (Lipinski definition) is 2. The lowest BCUT2D eigenvalue weighted by Crippen LogP contribution is -2.20. The molecule has 1 unspecified atom stereocenters. The maximum Gasteiger partial charge on any atom is 0.226 e. The summed E-state index contributed by atoms with van der Waals surface area (Å²) >= 11 is 0. The molecule has 1 atom stereocenters. The van der Waals surface area contributed by atoms with Gasteiger partial charge in [-0.3, -0.25) is 0 Å². The molecule has 3 aromatic rings. The van der Waals surface area contributed by atoms with E-state index in [1.807, 2.05) is 4.68 Å². The highest BCUT2D eigenvalue weighted by molar-refractivity contribution is 5.77. The maximum atomic E-state index is 13.3. The molecule has 138 valence electrons. The number of anilines is 1. The van der Waals surface area contributed by atoms with Crippen molar-refractivity contribution in [2.24, 2.45) is 0 Å². The molecule has 0 spiro atoms. The number of hydrogen-bond acceptors (Lipinski definition) is 4. The van der Waals surface area contributed by atoms with E-state index in [9.17, 15) is 4.39 Å². The number of aryl methyl sites for hydroxylation is 2. The van der Waals surface area contributed by atoms with Gasteiger partial charge in [0.05, 0.1) is 0 Å². The van der Waals surface area contributed by atoms with E-state index < -0.39 is 0 Å². The van der Waals surface area contributed by atoms with Gasteiger partial charge in [0.1, 0.15) is 11.9 Å². The Balaban J connectivity index is 1.76. The number of benzene rings is 2. The standard InChI is InChI=1S/C21H21FN4O/c1-14-4-6-16(7-5-14)19-13-18(15-8-10-17(22)11-9-15)23-21-24-20(3-2-12-27)25-26(19)21/h4-11,13,19,27H,2-3,12H2,1H3,(H,23,24,25). The number of halogens is 1. The van der Waals surface area contributed by atoms with Gasteiger partial charge < -0.3 is 10.4 Å². The van der Waals surface area contributed by atoms with E-state index in [-0.39, 0.29) is 18.5 Å². The highest BCUT2D eigenvalue weighted by Gasteiger charge is 2.25. The first kappa shape index (κ1) is 17.4. The van der Waals surface area contributed by atoms with Crippen molar-refractivity contribution in [3.8, 4) is 0 Å². The van der Waals surface area contributed by atoms with Crippen LogP contribution in [-0.2, 0) is 6.42 Å². The molecular weight excluding hydrogens is 343 g/mol. The summed E-state index contributed by atoms with van der Waals surface area (Å²) in [6.07, 6.45) is 3.32. The molecule has 2 N–H and O–H groups in total. The minimum atomic E-state index is -0.264. The Morgan fingerprint density at radius 3 is 2.56 bits per heavy atom. The van der Waals surface area contributed by atoms with Gasteiger partial charge in [0.2, 0.25) is 5.95 Å². The van der Waals surface area contributed by atoms with Crippen LogP contribution in [-0.4, -0.2) is 26.5 Å². The molecule has 4 rings (SSSR count). The molecule has 2 aromatic carbocycles. The average Bonchev–Trinajstić information content (AvgIpc) is 3.10. The summed E-state index contributed by atoms with van der Waals surface area (Å²) in [6, 6.07) is 14.6. The molecule has 27 heavy (non-hydrogen) atoms. The van der Waals surface area contributed by atoms with Crippen molar-refractivity contribution in [2.75, 3.05) is 11.9 Å². The van der Waals surface area contributed by atoms with Crippen LogP contribution < -0.4 is 5.32 Å². The molecular formula is C21H21FN4O. The van der Waals surface area contributed by atoms with Crippen molar-refractivity contribution < 1.29 is 9.50 Å². The van der Waals surface area contributed by atoms with E-state index in [0.717, 1.165) is 16.8 Å². The van der Waals surface area contributed by atoms with Gasteiger partial charge in [0.15, 0.2) is 5.82 Å². The number of aromatic nitrogens is 3. The number of nitrogens with one attached hydrogen (secondary N) is 1. The third-order valence-electron chi connectivity index (χ3n) is 4.64. The zero-order valence-electron chi connectivity index (χ0n) is 15.1. The maximum absolute atomic E-state index is 13.3. The van der Waals surface area contributed by atoms with Crippen LogP contribution in [0.15, 0.2) is 54.6 Å². The number of aliphatic hydroxyl groups excluding tert-OH is 1. The summed E-state index contributed by atoms with van der Waals surface area (Å²) in [7, 11) is 0. The SMILES string of the molecule is Cc1ccc(C2C=C(c3ccc(F)cc3)Nc3nc(CCCO)nn32)cc1. The molecule has 2 heterocycles. The molecule has 0 fully saturated rings. The fourth-order valence-electron chi connectivity index (χ4n) is 3.18. The van der Waals surface area contributed by atoms with Crippen LogP contribution in [0.3, 0.4) is 0 Å². The fourth-order valence-corrected chi connectivity index (χ4v) is 3.18. The Kier molecular flexibility index (Phi) is 4.73. The summed E-state index contributed by atoms with van der Waals surface area (Å²) in [5.74, 6) is 1.08. The fraction of sp³-hybridized carbons (Fsp3) is 0.238.